The van der Waals surface area contributed by atoms with Crippen molar-refractivity contribution >= 4 is 27.7 Å². The van der Waals surface area contributed by atoms with Gasteiger partial charge in [0.15, 0.2) is 0 Å². The number of aromatic nitrogens is 1. The molecule has 1 amide bonds. The van der Waals surface area contributed by atoms with Crippen molar-refractivity contribution in [1.29, 1.82) is 0 Å². The molecule has 4 rings (SSSR count). The van der Waals surface area contributed by atoms with Gasteiger partial charge in [-0.15, -0.1) is 0 Å². The van der Waals surface area contributed by atoms with Crippen molar-refractivity contribution in [1.82, 2.24) is 9.47 Å². The van der Waals surface area contributed by atoms with Crippen molar-refractivity contribution in [2.75, 3.05) is 0 Å². The SMILES string of the molecule is CCCCC(CC)C(=O)N(Cc1ccc2c(c1)c1ccccc1n2CC)Cc1ccco1. The van der Waals surface area contributed by atoms with E-state index in [1.54, 1.807) is 6.26 Å². The van der Waals surface area contributed by atoms with Crippen LogP contribution in [0.4, 0.5) is 0 Å². The van der Waals surface area contributed by atoms with Gasteiger partial charge >= 0.3 is 0 Å². The van der Waals surface area contributed by atoms with E-state index in [-0.39, 0.29) is 11.8 Å². The fourth-order valence-corrected chi connectivity index (χ4v) is 4.77. The van der Waals surface area contributed by atoms with E-state index in [1.165, 1.54) is 21.8 Å². The fourth-order valence-electron chi connectivity index (χ4n) is 4.77. The van der Waals surface area contributed by atoms with Crippen LogP contribution in [0.5, 0.6) is 0 Å². The van der Waals surface area contributed by atoms with Crippen molar-refractivity contribution in [2.45, 2.75) is 66.1 Å². The molecule has 1 unspecified atom stereocenters. The van der Waals surface area contributed by atoms with Crippen molar-refractivity contribution in [3.63, 3.8) is 0 Å². The predicted molar refractivity (Wildman–Crippen MR) is 131 cm³/mol. The number of rotatable bonds is 10. The number of hydrogen-bond acceptors (Lipinski definition) is 2. The molecule has 168 valence electrons. The molecular formula is C28H34N2O2. The molecule has 0 bridgehead atoms. The van der Waals surface area contributed by atoms with Gasteiger partial charge in [0.2, 0.25) is 5.91 Å². The van der Waals surface area contributed by atoms with Crippen LogP contribution in [-0.4, -0.2) is 15.4 Å². The van der Waals surface area contributed by atoms with Crippen LogP contribution in [-0.2, 0) is 24.4 Å². The standard InChI is InChI=1S/C28H34N2O2/c1-4-7-11-22(5-2)28(31)29(20-23-12-10-17-32-23)19-21-15-16-27-25(18-21)24-13-8-9-14-26(24)30(27)6-3/h8-10,12-18,22H,4-7,11,19-20H2,1-3H3. The molecule has 0 aliphatic heterocycles. The first-order valence-electron chi connectivity index (χ1n) is 12.0. The number of amides is 1. The zero-order chi connectivity index (χ0) is 22.5. The lowest BCUT2D eigenvalue weighted by Crippen LogP contribution is -2.35. The van der Waals surface area contributed by atoms with Crippen LogP contribution in [0.3, 0.4) is 0 Å². The molecule has 0 fully saturated rings. The molecule has 2 aromatic carbocycles. The Labute approximate surface area is 190 Å². The highest BCUT2D eigenvalue weighted by atomic mass is 16.3. The van der Waals surface area contributed by atoms with Gasteiger partial charge in [0.1, 0.15) is 5.76 Å². The fraction of sp³-hybridized carbons (Fsp3) is 0.393. The van der Waals surface area contributed by atoms with Gasteiger partial charge in [0, 0.05) is 40.8 Å². The predicted octanol–water partition coefficient (Wildman–Crippen LogP) is 7.15. The highest BCUT2D eigenvalue weighted by Crippen LogP contribution is 2.30. The summed E-state index contributed by atoms with van der Waals surface area (Å²) in [6.07, 6.45) is 5.69. The maximum absolute atomic E-state index is 13.5. The Kier molecular flexibility index (Phi) is 6.99. The second kappa shape index (κ2) is 10.1. The zero-order valence-corrected chi connectivity index (χ0v) is 19.5. The summed E-state index contributed by atoms with van der Waals surface area (Å²) in [7, 11) is 0. The summed E-state index contributed by atoms with van der Waals surface area (Å²) in [4.78, 5) is 15.5. The van der Waals surface area contributed by atoms with E-state index in [0.717, 1.165) is 43.6 Å². The number of fused-ring (bicyclic) bond motifs is 3. The third-order valence-electron chi connectivity index (χ3n) is 6.51. The van der Waals surface area contributed by atoms with Gasteiger partial charge in [-0.1, -0.05) is 51.0 Å². The lowest BCUT2D eigenvalue weighted by molar-refractivity contribution is -0.137. The molecule has 0 saturated heterocycles. The molecule has 4 nitrogen and oxygen atoms in total. The highest BCUT2D eigenvalue weighted by Gasteiger charge is 2.24. The number of furan rings is 1. The zero-order valence-electron chi connectivity index (χ0n) is 19.5. The first-order valence-corrected chi connectivity index (χ1v) is 12.0. The summed E-state index contributed by atoms with van der Waals surface area (Å²) < 4.78 is 7.95. The van der Waals surface area contributed by atoms with Crippen molar-refractivity contribution < 1.29 is 9.21 Å². The molecule has 2 heterocycles. The second-order valence-corrected chi connectivity index (χ2v) is 8.63. The van der Waals surface area contributed by atoms with E-state index in [9.17, 15) is 4.79 Å². The lowest BCUT2D eigenvalue weighted by Gasteiger charge is -2.26. The van der Waals surface area contributed by atoms with Crippen molar-refractivity contribution in [2.24, 2.45) is 5.92 Å². The van der Waals surface area contributed by atoms with Crippen molar-refractivity contribution in [3.8, 4) is 0 Å². The van der Waals surface area contributed by atoms with Crippen LogP contribution in [0.15, 0.2) is 65.3 Å². The average Bonchev–Trinajstić information content (AvgIpc) is 3.44. The minimum atomic E-state index is 0.0654. The molecule has 0 radical (unpaired) electrons. The molecule has 32 heavy (non-hydrogen) atoms. The van der Waals surface area contributed by atoms with Crippen molar-refractivity contribution in [3.05, 3.63) is 72.2 Å². The van der Waals surface area contributed by atoms with Gasteiger partial charge in [-0.25, -0.2) is 0 Å². The lowest BCUT2D eigenvalue weighted by atomic mass is 9.97. The summed E-state index contributed by atoms with van der Waals surface area (Å²) in [6.45, 7) is 8.51. The van der Waals surface area contributed by atoms with Gasteiger partial charge in [-0.3, -0.25) is 4.79 Å². The van der Waals surface area contributed by atoms with Gasteiger partial charge in [-0.05, 0) is 55.7 Å². The topological polar surface area (TPSA) is 38.4 Å². The van der Waals surface area contributed by atoms with E-state index >= 15 is 0 Å². The maximum atomic E-state index is 13.5. The molecule has 1 atom stereocenters. The monoisotopic (exact) mass is 430 g/mol. The third kappa shape index (κ3) is 4.45. The van der Waals surface area contributed by atoms with Crippen LogP contribution in [0.1, 0.15) is 57.8 Å². The maximum Gasteiger partial charge on any atom is 0.226 e. The highest BCUT2D eigenvalue weighted by molar-refractivity contribution is 6.08. The Morgan fingerprint density at radius 3 is 2.50 bits per heavy atom. The summed E-state index contributed by atoms with van der Waals surface area (Å²) in [6, 6.07) is 19.0. The molecule has 0 aliphatic carbocycles. The molecule has 4 heteroatoms. The molecule has 2 aromatic heterocycles. The van der Waals surface area contributed by atoms with Crippen LogP contribution in [0.25, 0.3) is 21.8 Å². The molecule has 0 N–H and O–H groups in total. The smallest absolute Gasteiger partial charge is 0.226 e. The number of hydrogen-bond donors (Lipinski definition) is 0. The van der Waals surface area contributed by atoms with Crippen LogP contribution < -0.4 is 0 Å². The number of carbonyl (C=O) groups is 1. The van der Waals surface area contributed by atoms with E-state index in [4.69, 9.17) is 4.42 Å². The van der Waals surface area contributed by atoms with Crippen LogP contribution in [0.2, 0.25) is 0 Å². The van der Waals surface area contributed by atoms with Crippen LogP contribution >= 0.6 is 0 Å². The molecule has 0 saturated carbocycles. The molecule has 0 aliphatic rings. The number of carbonyl (C=O) groups excluding carboxylic acids is 1. The molecule has 4 aromatic rings. The number of benzene rings is 2. The summed E-state index contributed by atoms with van der Waals surface area (Å²) in [5.74, 6) is 1.12. The van der Waals surface area contributed by atoms with Gasteiger partial charge in [0.05, 0.1) is 12.8 Å². The number of nitrogens with zero attached hydrogens (tertiary/aromatic N) is 2. The first kappa shape index (κ1) is 22.2. The van der Waals surface area contributed by atoms with E-state index < -0.39 is 0 Å². The summed E-state index contributed by atoms with van der Waals surface area (Å²) >= 11 is 0. The quantitative estimate of drug-likeness (QED) is 0.268. The Hall–Kier alpha value is -3.01. The van der Waals surface area contributed by atoms with Crippen LogP contribution in [0, 0.1) is 5.92 Å². The average molecular weight is 431 g/mol. The third-order valence-corrected chi connectivity index (χ3v) is 6.51. The Bertz CT molecular complexity index is 1170. The minimum Gasteiger partial charge on any atom is -0.467 e. The first-order chi connectivity index (χ1) is 15.7. The van der Waals surface area contributed by atoms with Gasteiger partial charge in [-0.2, -0.15) is 0 Å². The Balaban J connectivity index is 1.68. The summed E-state index contributed by atoms with van der Waals surface area (Å²) in [5, 5.41) is 2.52. The van der Waals surface area contributed by atoms with Gasteiger partial charge < -0.3 is 13.9 Å². The Morgan fingerprint density at radius 1 is 0.969 bits per heavy atom. The number of para-hydroxylation sites is 1. The van der Waals surface area contributed by atoms with E-state index in [2.05, 4.69) is 67.8 Å². The summed E-state index contributed by atoms with van der Waals surface area (Å²) in [5.41, 5.74) is 3.66. The van der Waals surface area contributed by atoms with E-state index in [1.807, 2.05) is 17.0 Å². The van der Waals surface area contributed by atoms with E-state index in [0.29, 0.717) is 13.1 Å². The Morgan fingerprint density at radius 2 is 1.78 bits per heavy atom. The largest absolute Gasteiger partial charge is 0.467 e. The second-order valence-electron chi connectivity index (χ2n) is 8.63. The molecular weight excluding hydrogens is 396 g/mol. The normalized spacial score (nSPS) is 12.5. The van der Waals surface area contributed by atoms with Gasteiger partial charge in [0.25, 0.3) is 0 Å². The number of aryl methyl sites for hydroxylation is 1. The minimum absolute atomic E-state index is 0.0654. The molecule has 0 spiro atoms. The number of unbranched alkanes of at least 4 members (excludes halogenated alkanes) is 1.